The predicted octanol–water partition coefficient (Wildman–Crippen LogP) is 10.4. The van der Waals surface area contributed by atoms with Gasteiger partial charge in [0.25, 0.3) is 0 Å². The molecule has 1 aromatic heterocycles. The molecule has 0 bridgehead atoms. The van der Waals surface area contributed by atoms with E-state index in [0.29, 0.717) is 15.9 Å². The van der Waals surface area contributed by atoms with Crippen LogP contribution >= 0.6 is 11.8 Å². The lowest BCUT2D eigenvalue weighted by Crippen LogP contribution is -2.02. The lowest BCUT2D eigenvalue weighted by molar-refractivity contribution is 1.18. The Morgan fingerprint density at radius 3 is 1.62 bits per heavy atom. The number of benzene rings is 6. The zero-order valence-corrected chi connectivity index (χ0v) is 25.1. The van der Waals surface area contributed by atoms with Crippen molar-refractivity contribution >= 4 is 32.6 Å². The van der Waals surface area contributed by atoms with Crippen molar-refractivity contribution in [1.29, 1.82) is 10.8 Å². The number of hydrogen-bond donors (Lipinski definition) is 2. The average molecular weight is 597 g/mol. The average Bonchev–Trinajstić information content (AvgIpc) is 3.12. The lowest BCUT2D eigenvalue weighted by atomic mass is 10.0. The summed E-state index contributed by atoms with van der Waals surface area (Å²) in [6.07, 6.45) is 0. The molecule has 5 heteroatoms. The Bertz CT molecular complexity index is 2100. The summed E-state index contributed by atoms with van der Waals surface area (Å²) in [4.78, 5) is 9.82. The van der Waals surface area contributed by atoms with Gasteiger partial charge in [-0.3, -0.25) is 10.8 Å². The van der Waals surface area contributed by atoms with Crippen LogP contribution < -0.4 is 0 Å². The maximum Gasteiger partial charge on any atom is 0.160 e. The van der Waals surface area contributed by atoms with Crippen LogP contribution in [0.2, 0.25) is 0 Å². The molecule has 4 nitrogen and oxygen atoms in total. The summed E-state index contributed by atoms with van der Waals surface area (Å²) in [7, 11) is 0. The molecule has 0 aliphatic heterocycles. The van der Waals surface area contributed by atoms with Crippen LogP contribution in [0.25, 0.3) is 55.8 Å². The molecule has 6 aromatic carbocycles. The molecule has 2 N–H and O–H groups in total. The fourth-order valence-corrected chi connectivity index (χ4v) is 6.00. The van der Waals surface area contributed by atoms with Crippen LogP contribution in [0.3, 0.4) is 0 Å². The number of rotatable bonds is 6. The molecule has 0 aliphatic rings. The van der Waals surface area contributed by atoms with Crippen molar-refractivity contribution in [3.05, 3.63) is 169 Å². The monoisotopic (exact) mass is 596 g/mol. The smallest absolute Gasteiger partial charge is 0.160 e. The first-order valence-electron chi connectivity index (χ1n) is 14.7. The molecule has 0 aliphatic carbocycles. The third-order valence-corrected chi connectivity index (χ3v) is 8.54. The first-order chi connectivity index (χ1) is 22.1. The van der Waals surface area contributed by atoms with Gasteiger partial charge < -0.3 is 0 Å². The van der Waals surface area contributed by atoms with E-state index < -0.39 is 0 Å². The van der Waals surface area contributed by atoms with Gasteiger partial charge in [0.2, 0.25) is 0 Å². The van der Waals surface area contributed by atoms with Gasteiger partial charge in [0.05, 0.1) is 11.4 Å². The van der Waals surface area contributed by atoms with Gasteiger partial charge in [-0.2, -0.15) is 0 Å². The Hall–Kier alpha value is -5.65. The topological polar surface area (TPSA) is 73.5 Å². The Kier molecular flexibility index (Phi) is 7.83. The van der Waals surface area contributed by atoms with Gasteiger partial charge in [-0.15, -0.1) is 0 Å². The third kappa shape index (κ3) is 6.21. The quantitative estimate of drug-likeness (QED) is 0.148. The zero-order chi connectivity index (χ0) is 30.6. The molecule has 0 amide bonds. The fourth-order valence-electron chi connectivity index (χ4n) is 5.31. The SMILES string of the molecule is N=C(SC(=N)c1ccc2cc(-c3ccccc3)ccc2c1)c1cccc(-c2cc(-c3ccccc3)nc(-c3ccccc3)n2)c1. The van der Waals surface area contributed by atoms with Gasteiger partial charge >= 0.3 is 0 Å². The standard InChI is InChI=1S/C40H28N4S/c41-38(45-39(42)35-22-21-31-23-30(19-20-32(31)24-35)27-11-4-1-5-12-27)34-18-10-17-33(25-34)37-26-36(28-13-6-2-7-14-28)43-40(44-37)29-15-8-3-9-16-29/h1-26,41-42H. The van der Waals surface area contributed by atoms with Crippen LogP contribution in [0.1, 0.15) is 11.1 Å². The second-order valence-corrected chi connectivity index (χ2v) is 11.7. The molecule has 0 atom stereocenters. The molecule has 0 fully saturated rings. The highest BCUT2D eigenvalue weighted by Crippen LogP contribution is 2.30. The maximum absolute atomic E-state index is 8.90. The van der Waals surface area contributed by atoms with E-state index in [-0.39, 0.29) is 0 Å². The van der Waals surface area contributed by atoms with E-state index in [0.717, 1.165) is 67.3 Å². The molecule has 1 heterocycles. The number of nitrogens with one attached hydrogen (secondary N) is 2. The van der Waals surface area contributed by atoms with Crippen LogP contribution in [0.15, 0.2) is 158 Å². The highest BCUT2D eigenvalue weighted by Gasteiger charge is 2.14. The summed E-state index contributed by atoms with van der Waals surface area (Å²) in [5.74, 6) is 0.649. The summed E-state index contributed by atoms with van der Waals surface area (Å²) >= 11 is 1.15. The number of aromatic nitrogens is 2. The molecular formula is C40H28N4S. The number of fused-ring (bicyclic) bond motifs is 1. The Balaban J connectivity index is 1.15. The predicted molar refractivity (Wildman–Crippen MR) is 189 cm³/mol. The van der Waals surface area contributed by atoms with E-state index in [9.17, 15) is 0 Å². The van der Waals surface area contributed by atoms with Crippen molar-refractivity contribution in [3.63, 3.8) is 0 Å². The summed E-state index contributed by atoms with van der Waals surface area (Å²) in [5, 5.41) is 20.6. The highest BCUT2D eigenvalue weighted by atomic mass is 32.2. The van der Waals surface area contributed by atoms with Crippen molar-refractivity contribution in [1.82, 2.24) is 9.97 Å². The Morgan fingerprint density at radius 1 is 0.400 bits per heavy atom. The van der Waals surface area contributed by atoms with E-state index in [1.165, 1.54) is 5.56 Å². The van der Waals surface area contributed by atoms with Crippen molar-refractivity contribution in [2.75, 3.05) is 0 Å². The van der Waals surface area contributed by atoms with Gasteiger partial charge in [-0.05, 0) is 46.2 Å². The Labute approximate surface area is 266 Å². The summed E-state index contributed by atoms with van der Waals surface area (Å²) < 4.78 is 0. The molecule has 0 saturated carbocycles. The van der Waals surface area contributed by atoms with E-state index in [2.05, 4.69) is 36.4 Å². The molecule has 7 rings (SSSR count). The molecule has 214 valence electrons. The van der Waals surface area contributed by atoms with Crippen LogP contribution in [0, 0.1) is 10.8 Å². The minimum absolute atomic E-state index is 0.307. The summed E-state index contributed by atoms with van der Waals surface area (Å²) in [5.41, 5.74) is 8.32. The van der Waals surface area contributed by atoms with Crippen LogP contribution in [0.5, 0.6) is 0 Å². The van der Waals surface area contributed by atoms with Crippen molar-refractivity contribution in [2.45, 2.75) is 0 Å². The van der Waals surface area contributed by atoms with Crippen LogP contribution in [-0.4, -0.2) is 20.1 Å². The largest absolute Gasteiger partial charge is 0.293 e. The normalized spacial score (nSPS) is 10.9. The second-order valence-electron chi connectivity index (χ2n) is 10.7. The molecule has 45 heavy (non-hydrogen) atoms. The molecule has 0 spiro atoms. The lowest BCUT2D eigenvalue weighted by Gasteiger charge is -2.11. The van der Waals surface area contributed by atoms with Gasteiger partial charge in [0, 0.05) is 27.8 Å². The van der Waals surface area contributed by atoms with Crippen molar-refractivity contribution in [3.8, 4) is 45.0 Å². The van der Waals surface area contributed by atoms with E-state index in [1.54, 1.807) is 0 Å². The third-order valence-electron chi connectivity index (χ3n) is 7.66. The van der Waals surface area contributed by atoms with Gasteiger partial charge in [0.1, 0.15) is 10.1 Å². The molecule has 0 unspecified atom stereocenters. The highest BCUT2D eigenvalue weighted by molar-refractivity contribution is 8.27. The van der Waals surface area contributed by atoms with Crippen LogP contribution in [0.4, 0.5) is 0 Å². The van der Waals surface area contributed by atoms with E-state index in [4.69, 9.17) is 20.8 Å². The number of hydrogen-bond acceptors (Lipinski definition) is 5. The Morgan fingerprint density at radius 2 is 0.933 bits per heavy atom. The molecule has 0 saturated heterocycles. The molecular weight excluding hydrogens is 569 g/mol. The molecule has 7 aromatic rings. The molecule has 0 radical (unpaired) electrons. The van der Waals surface area contributed by atoms with E-state index >= 15 is 0 Å². The number of nitrogens with zero attached hydrogens (tertiary/aromatic N) is 2. The first-order valence-corrected chi connectivity index (χ1v) is 15.5. The second kappa shape index (κ2) is 12.5. The van der Waals surface area contributed by atoms with E-state index in [1.807, 2.05) is 121 Å². The first kappa shape index (κ1) is 28.1. The van der Waals surface area contributed by atoms with Gasteiger partial charge in [0.15, 0.2) is 5.82 Å². The van der Waals surface area contributed by atoms with Gasteiger partial charge in [-0.1, -0.05) is 145 Å². The van der Waals surface area contributed by atoms with Crippen molar-refractivity contribution < 1.29 is 0 Å². The van der Waals surface area contributed by atoms with Gasteiger partial charge in [-0.25, -0.2) is 9.97 Å². The van der Waals surface area contributed by atoms with Crippen molar-refractivity contribution in [2.24, 2.45) is 0 Å². The summed E-state index contributed by atoms with van der Waals surface area (Å²) in [6.45, 7) is 0. The fraction of sp³-hybridized carbons (Fsp3) is 0. The minimum atomic E-state index is 0.307. The number of thioether (sulfide) groups is 1. The maximum atomic E-state index is 8.90. The van der Waals surface area contributed by atoms with Crippen LogP contribution in [-0.2, 0) is 0 Å². The summed E-state index contributed by atoms with van der Waals surface area (Å²) in [6, 6.07) is 52.7. The zero-order valence-electron chi connectivity index (χ0n) is 24.3. The minimum Gasteiger partial charge on any atom is -0.293 e.